The summed E-state index contributed by atoms with van der Waals surface area (Å²) in [5.74, 6) is 0. The molecule has 1 aromatic rings. The van der Waals surface area contributed by atoms with Gasteiger partial charge in [-0.05, 0) is 12.1 Å². The third-order valence-electron chi connectivity index (χ3n) is 1.83. The Morgan fingerprint density at radius 3 is 2.67 bits per heavy atom. The second kappa shape index (κ2) is 5.96. The average molecular weight is 295 g/mol. The first-order valence-electron chi connectivity index (χ1n) is 4.77. The minimum absolute atomic E-state index is 0.0376. The van der Waals surface area contributed by atoms with E-state index >= 15 is 0 Å². The van der Waals surface area contributed by atoms with Gasteiger partial charge in [0.2, 0.25) is 0 Å². The van der Waals surface area contributed by atoms with E-state index in [0.29, 0.717) is 0 Å². The summed E-state index contributed by atoms with van der Waals surface area (Å²) in [6.45, 7) is 0.201. The van der Waals surface area contributed by atoms with Gasteiger partial charge in [-0.2, -0.15) is 13.1 Å². The number of anilines is 1. The molecule has 100 valence electrons. The van der Waals surface area contributed by atoms with Crippen molar-refractivity contribution in [3.63, 3.8) is 0 Å². The number of hydrogen-bond donors (Lipinski definition) is 3. The Hall–Kier alpha value is -1.42. The van der Waals surface area contributed by atoms with Gasteiger partial charge in [0.15, 0.2) is 0 Å². The van der Waals surface area contributed by atoms with Crippen LogP contribution in [0.2, 0.25) is 5.02 Å². The van der Waals surface area contributed by atoms with E-state index in [1.54, 1.807) is 0 Å². The number of halogens is 1. The van der Waals surface area contributed by atoms with Crippen LogP contribution in [0.3, 0.4) is 0 Å². The normalized spacial score (nSPS) is 11.2. The fourth-order valence-electron chi connectivity index (χ4n) is 1.10. The topological polar surface area (TPSA) is 127 Å². The summed E-state index contributed by atoms with van der Waals surface area (Å²) in [5, 5.41) is 10.6. The first kappa shape index (κ1) is 14.6. The predicted octanol–water partition coefficient (Wildman–Crippen LogP) is 0.453. The van der Waals surface area contributed by atoms with Gasteiger partial charge in [0.05, 0.1) is 10.6 Å². The van der Waals surface area contributed by atoms with Crippen molar-refractivity contribution in [1.82, 2.24) is 4.72 Å². The number of rotatable bonds is 6. The number of nitro benzene ring substituents is 1. The number of benzene rings is 1. The lowest BCUT2D eigenvalue weighted by Crippen LogP contribution is -2.33. The molecule has 0 bridgehead atoms. The van der Waals surface area contributed by atoms with E-state index in [0.717, 1.165) is 6.07 Å². The van der Waals surface area contributed by atoms with Gasteiger partial charge < -0.3 is 5.73 Å². The Kier molecular flexibility index (Phi) is 4.84. The number of nitrogens with one attached hydrogen (secondary N) is 2. The van der Waals surface area contributed by atoms with E-state index < -0.39 is 15.1 Å². The quantitative estimate of drug-likeness (QED) is 0.518. The molecule has 0 heterocycles. The fourth-order valence-corrected chi connectivity index (χ4v) is 2.18. The van der Waals surface area contributed by atoms with Crippen LogP contribution < -0.4 is 15.2 Å². The molecule has 18 heavy (non-hydrogen) atoms. The van der Waals surface area contributed by atoms with E-state index in [-0.39, 0.29) is 29.5 Å². The van der Waals surface area contributed by atoms with Crippen LogP contribution >= 0.6 is 11.6 Å². The van der Waals surface area contributed by atoms with Gasteiger partial charge in [-0.25, -0.2) is 0 Å². The molecule has 0 aliphatic carbocycles. The van der Waals surface area contributed by atoms with Crippen LogP contribution in [-0.4, -0.2) is 26.4 Å². The molecule has 0 aliphatic rings. The maximum absolute atomic E-state index is 11.4. The zero-order valence-corrected chi connectivity index (χ0v) is 10.7. The molecule has 10 heteroatoms. The molecule has 0 spiro atoms. The highest BCUT2D eigenvalue weighted by atomic mass is 35.5. The first-order valence-corrected chi connectivity index (χ1v) is 6.63. The van der Waals surface area contributed by atoms with Crippen molar-refractivity contribution in [2.75, 3.05) is 17.8 Å². The molecule has 8 nitrogen and oxygen atoms in total. The standard InChI is InChI=1S/C8H11ClN4O4S/c9-7-2-1-6(5-8(7)13(14)15)12-18(16,17)11-4-3-10/h1-2,5,11-12H,3-4,10H2. The minimum atomic E-state index is -3.80. The molecule has 1 rings (SSSR count). The maximum Gasteiger partial charge on any atom is 0.299 e. The van der Waals surface area contributed by atoms with Crippen molar-refractivity contribution >= 4 is 33.2 Å². The Morgan fingerprint density at radius 1 is 1.44 bits per heavy atom. The molecule has 0 fully saturated rings. The molecule has 0 saturated carbocycles. The van der Waals surface area contributed by atoms with Gasteiger partial charge in [0.1, 0.15) is 5.02 Å². The van der Waals surface area contributed by atoms with Crippen LogP contribution in [-0.2, 0) is 10.2 Å². The molecule has 0 unspecified atom stereocenters. The number of hydrogen-bond acceptors (Lipinski definition) is 5. The summed E-state index contributed by atoms with van der Waals surface area (Å²) in [6, 6.07) is 3.58. The lowest BCUT2D eigenvalue weighted by molar-refractivity contribution is -0.384. The number of nitrogens with two attached hydrogens (primary N) is 1. The zero-order chi connectivity index (χ0) is 13.8. The van der Waals surface area contributed by atoms with Crippen LogP contribution in [0.25, 0.3) is 0 Å². The van der Waals surface area contributed by atoms with E-state index in [1.807, 2.05) is 0 Å². The lowest BCUT2D eigenvalue weighted by atomic mass is 10.3. The highest BCUT2D eigenvalue weighted by Crippen LogP contribution is 2.27. The second-order valence-electron chi connectivity index (χ2n) is 3.21. The van der Waals surface area contributed by atoms with Gasteiger partial charge in [0.25, 0.3) is 15.9 Å². The van der Waals surface area contributed by atoms with Gasteiger partial charge in [-0.1, -0.05) is 11.6 Å². The molecule has 0 radical (unpaired) electrons. The summed E-state index contributed by atoms with van der Waals surface area (Å²) >= 11 is 5.60. The Labute approximate surface area is 108 Å². The van der Waals surface area contributed by atoms with Gasteiger partial charge in [-0.15, -0.1) is 0 Å². The lowest BCUT2D eigenvalue weighted by Gasteiger charge is -2.08. The van der Waals surface area contributed by atoms with Crippen molar-refractivity contribution in [2.24, 2.45) is 5.73 Å². The summed E-state index contributed by atoms with van der Waals surface area (Å²) < 4.78 is 27.2. The Balaban J connectivity index is 2.92. The third-order valence-corrected chi connectivity index (χ3v) is 3.24. The minimum Gasteiger partial charge on any atom is -0.329 e. The molecule has 1 aromatic carbocycles. The molecule has 0 atom stereocenters. The van der Waals surface area contributed by atoms with Crippen LogP contribution in [0.5, 0.6) is 0 Å². The molecule has 0 aromatic heterocycles. The summed E-state index contributed by atoms with van der Waals surface area (Å²) in [5.41, 5.74) is 4.81. The van der Waals surface area contributed by atoms with Crippen LogP contribution in [0.1, 0.15) is 0 Å². The largest absolute Gasteiger partial charge is 0.329 e. The molecule has 0 amide bonds. The van der Waals surface area contributed by atoms with Gasteiger partial charge in [-0.3, -0.25) is 14.8 Å². The summed E-state index contributed by atoms with van der Waals surface area (Å²) in [7, 11) is -3.80. The van der Waals surface area contributed by atoms with Crippen molar-refractivity contribution in [3.8, 4) is 0 Å². The molecular formula is C8H11ClN4O4S. The first-order chi connectivity index (χ1) is 8.35. The van der Waals surface area contributed by atoms with Crippen LogP contribution in [0.15, 0.2) is 18.2 Å². The van der Waals surface area contributed by atoms with Gasteiger partial charge in [0, 0.05) is 19.2 Å². The predicted molar refractivity (Wildman–Crippen MR) is 67.7 cm³/mol. The van der Waals surface area contributed by atoms with Crippen LogP contribution in [0.4, 0.5) is 11.4 Å². The zero-order valence-electron chi connectivity index (χ0n) is 9.09. The van der Waals surface area contributed by atoms with Gasteiger partial charge >= 0.3 is 0 Å². The van der Waals surface area contributed by atoms with E-state index in [1.165, 1.54) is 12.1 Å². The van der Waals surface area contributed by atoms with Crippen LogP contribution in [0, 0.1) is 10.1 Å². The fraction of sp³-hybridized carbons (Fsp3) is 0.250. The molecule has 0 saturated heterocycles. The number of nitro groups is 1. The SMILES string of the molecule is NCCNS(=O)(=O)Nc1ccc(Cl)c([N+](=O)[O-])c1. The van der Waals surface area contributed by atoms with Crippen molar-refractivity contribution in [3.05, 3.63) is 33.3 Å². The van der Waals surface area contributed by atoms with E-state index in [2.05, 4.69) is 9.44 Å². The van der Waals surface area contributed by atoms with Crippen molar-refractivity contribution in [1.29, 1.82) is 0 Å². The monoisotopic (exact) mass is 294 g/mol. The average Bonchev–Trinajstić information content (AvgIpc) is 2.28. The number of nitrogens with zero attached hydrogens (tertiary/aromatic N) is 1. The third kappa shape index (κ3) is 4.11. The second-order valence-corrected chi connectivity index (χ2v) is 5.12. The smallest absolute Gasteiger partial charge is 0.299 e. The highest BCUT2D eigenvalue weighted by molar-refractivity contribution is 7.90. The highest BCUT2D eigenvalue weighted by Gasteiger charge is 2.15. The molecular weight excluding hydrogens is 284 g/mol. The van der Waals surface area contributed by atoms with E-state index in [4.69, 9.17) is 17.3 Å². The Bertz CT molecular complexity index is 548. The van der Waals surface area contributed by atoms with Crippen molar-refractivity contribution in [2.45, 2.75) is 0 Å². The molecule has 4 N–H and O–H groups in total. The van der Waals surface area contributed by atoms with E-state index in [9.17, 15) is 18.5 Å². The Morgan fingerprint density at radius 2 is 2.11 bits per heavy atom. The molecule has 0 aliphatic heterocycles. The maximum atomic E-state index is 11.4. The summed E-state index contributed by atoms with van der Waals surface area (Å²) in [6.07, 6.45) is 0. The summed E-state index contributed by atoms with van der Waals surface area (Å²) in [4.78, 5) is 9.92. The van der Waals surface area contributed by atoms with Crippen molar-refractivity contribution < 1.29 is 13.3 Å².